The van der Waals surface area contributed by atoms with Crippen LogP contribution in [0.5, 0.6) is 0 Å². The summed E-state index contributed by atoms with van der Waals surface area (Å²) in [7, 11) is 7.32. The summed E-state index contributed by atoms with van der Waals surface area (Å²) < 4.78 is 0. The molecule has 2 atom stereocenters. The van der Waals surface area contributed by atoms with E-state index in [-0.39, 0.29) is 29.9 Å². The number of rotatable bonds is 15. The highest BCUT2D eigenvalue weighted by Crippen LogP contribution is 1.95. The summed E-state index contributed by atoms with van der Waals surface area (Å²) in [5, 5.41) is 14.7. The summed E-state index contributed by atoms with van der Waals surface area (Å²) >= 11 is 0. The Morgan fingerprint density at radius 2 is 1.30 bits per heavy atom. The van der Waals surface area contributed by atoms with Crippen molar-refractivity contribution >= 4 is 17.5 Å². The van der Waals surface area contributed by atoms with Crippen LogP contribution in [0.4, 0.5) is 0 Å². The molecule has 5 N–H and O–H groups in total. The van der Waals surface area contributed by atoms with Gasteiger partial charge in [0.25, 0.3) is 0 Å². The molecule has 27 heavy (non-hydrogen) atoms. The molecule has 0 saturated heterocycles. The Morgan fingerprint density at radius 3 is 1.74 bits per heavy atom. The summed E-state index contributed by atoms with van der Waals surface area (Å²) in [6.07, 6.45) is 4.31. The van der Waals surface area contributed by atoms with Gasteiger partial charge in [-0.2, -0.15) is 0 Å². The van der Waals surface area contributed by atoms with Gasteiger partial charge in [0.1, 0.15) is 11.6 Å². The third-order valence-electron chi connectivity index (χ3n) is 4.08. The zero-order valence-electron chi connectivity index (χ0n) is 18.0. The fraction of sp³-hybridized carbons (Fsp3) is 0.842. The Kier molecular flexibility index (Phi) is 20.0. The summed E-state index contributed by atoms with van der Waals surface area (Å²) in [4.78, 5) is 33.4. The van der Waals surface area contributed by atoms with Gasteiger partial charge in [0.05, 0.1) is 12.1 Å². The lowest BCUT2D eigenvalue weighted by atomic mass is 10.1. The van der Waals surface area contributed by atoms with Crippen LogP contribution in [0, 0.1) is 0 Å². The van der Waals surface area contributed by atoms with Crippen molar-refractivity contribution in [1.82, 2.24) is 26.6 Å². The van der Waals surface area contributed by atoms with E-state index in [9.17, 15) is 14.4 Å². The molecule has 8 nitrogen and oxygen atoms in total. The van der Waals surface area contributed by atoms with Gasteiger partial charge in [0.2, 0.25) is 5.91 Å². The van der Waals surface area contributed by atoms with Gasteiger partial charge in [-0.15, -0.1) is 0 Å². The number of hydrogen-bond donors (Lipinski definition) is 5. The lowest BCUT2D eigenvalue weighted by molar-refractivity contribution is -0.126. The van der Waals surface area contributed by atoms with E-state index in [4.69, 9.17) is 0 Å². The van der Waals surface area contributed by atoms with E-state index in [0.717, 1.165) is 38.8 Å². The second-order valence-electron chi connectivity index (χ2n) is 6.55. The van der Waals surface area contributed by atoms with Crippen LogP contribution in [0.1, 0.15) is 46.0 Å². The molecule has 0 fully saturated rings. The van der Waals surface area contributed by atoms with Crippen LogP contribution >= 0.6 is 0 Å². The fourth-order valence-electron chi connectivity index (χ4n) is 2.39. The molecule has 0 aromatic heterocycles. The number of hydrogen-bond acceptors (Lipinski definition) is 7. The van der Waals surface area contributed by atoms with Crippen molar-refractivity contribution in [2.45, 2.75) is 58.0 Å². The molecule has 0 radical (unpaired) electrons. The van der Waals surface area contributed by atoms with Crippen LogP contribution in [-0.2, 0) is 14.4 Å². The molecule has 1 amide bonds. The fourth-order valence-corrected chi connectivity index (χ4v) is 2.39. The van der Waals surface area contributed by atoms with Gasteiger partial charge in [0.15, 0.2) is 0 Å². The topological polar surface area (TPSA) is 111 Å². The normalized spacial score (nSPS) is 12.5. The Hall–Kier alpha value is -1.35. The van der Waals surface area contributed by atoms with Crippen LogP contribution in [0.15, 0.2) is 0 Å². The van der Waals surface area contributed by atoms with Crippen molar-refractivity contribution in [3.8, 4) is 0 Å². The van der Waals surface area contributed by atoms with Crippen LogP contribution in [-0.4, -0.2) is 77.4 Å². The Bertz CT molecular complexity index is 405. The molecule has 8 heteroatoms. The molecule has 0 aromatic rings. The number of carbonyl (C=O) groups excluding carboxylic acids is 3. The van der Waals surface area contributed by atoms with Crippen LogP contribution in [0.2, 0.25) is 0 Å². The summed E-state index contributed by atoms with van der Waals surface area (Å²) in [5.41, 5.74) is 0. The lowest BCUT2D eigenvalue weighted by Gasteiger charge is -2.14. The number of Topliss-reactive ketones (excluding diaryl/α,β-unsaturated/α-hetero) is 2. The molecule has 160 valence electrons. The minimum Gasteiger partial charge on any atom is -0.355 e. The maximum absolute atomic E-state index is 11.7. The first-order chi connectivity index (χ1) is 12.8. The largest absolute Gasteiger partial charge is 0.355 e. The van der Waals surface area contributed by atoms with Crippen LogP contribution in [0.25, 0.3) is 0 Å². The van der Waals surface area contributed by atoms with E-state index in [2.05, 4.69) is 26.6 Å². The first kappa shape index (κ1) is 27.9. The van der Waals surface area contributed by atoms with E-state index in [1.807, 2.05) is 21.1 Å². The van der Waals surface area contributed by atoms with E-state index in [1.54, 1.807) is 14.0 Å². The van der Waals surface area contributed by atoms with Gasteiger partial charge in [0, 0.05) is 13.0 Å². The lowest BCUT2D eigenvalue weighted by Crippen LogP contribution is -2.43. The monoisotopic (exact) mass is 387 g/mol. The summed E-state index contributed by atoms with van der Waals surface area (Å²) in [6.45, 7) is 5.67. The Morgan fingerprint density at radius 1 is 0.741 bits per heavy atom. The Labute approximate surface area is 165 Å². The van der Waals surface area contributed by atoms with E-state index < -0.39 is 6.04 Å². The number of likely N-dealkylation sites (N-methyl/N-ethyl adjacent to an activating group) is 2. The molecular weight excluding hydrogens is 346 g/mol. The molecule has 0 rings (SSSR count). The number of amides is 1. The zero-order valence-corrected chi connectivity index (χ0v) is 18.0. The molecule has 0 heterocycles. The minimum atomic E-state index is -0.398. The number of ketones is 2. The Balaban J connectivity index is 0. The average Bonchev–Trinajstić information content (AvgIpc) is 2.63. The van der Waals surface area contributed by atoms with E-state index in [1.165, 1.54) is 6.92 Å². The average molecular weight is 388 g/mol. The number of unbranched alkanes of at least 4 members (excludes halogenated alkanes) is 2. The van der Waals surface area contributed by atoms with Crippen molar-refractivity contribution in [2.24, 2.45) is 0 Å². The molecule has 0 aromatic carbocycles. The molecule has 0 spiro atoms. The molecule has 0 bridgehead atoms. The quantitative estimate of drug-likeness (QED) is 0.248. The van der Waals surface area contributed by atoms with Crippen LogP contribution < -0.4 is 26.6 Å². The maximum atomic E-state index is 11.7. The second kappa shape index (κ2) is 19.4. The first-order valence-corrected chi connectivity index (χ1v) is 9.75. The van der Waals surface area contributed by atoms with Gasteiger partial charge in [-0.25, -0.2) is 0 Å². The second-order valence-corrected chi connectivity index (χ2v) is 6.55. The van der Waals surface area contributed by atoms with Gasteiger partial charge in [-0.05, 0) is 74.4 Å². The number of carbonyl (C=O) groups is 3. The smallest absolute Gasteiger partial charge is 0.237 e. The van der Waals surface area contributed by atoms with Crippen molar-refractivity contribution in [1.29, 1.82) is 0 Å². The molecular formula is C19H41N5O3. The standard InChI is InChI=1S/C12H25N3O2.C7H16N2O/c1-10(16)9-11(14-3)12(17)15-8-6-4-5-7-13-2;1-6(10)7(9-3)4-5-8-2/h11,13-14H,4-9H2,1-3H3,(H,15,17);7-9H,4-5H2,1-3H3. The first-order valence-electron chi connectivity index (χ1n) is 9.75. The highest BCUT2D eigenvalue weighted by molar-refractivity contribution is 5.88. The SMILES string of the molecule is CNCCC(NC)C(C)=O.CNCCCCCNC(=O)C(CC(C)=O)NC. The predicted molar refractivity (Wildman–Crippen MR) is 111 cm³/mol. The molecule has 0 aliphatic heterocycles. The van der Waals surface area contributed by atoms with Gasteiger partial charge >= 0.3 is 0 Å². The molecule has 2 unspecified atom stereocenters. The summed E-state index contributed by atoms with van der Waals surface area (Å²) in [5.74, 6) is 0.141. The van der Waals surface area contributed by atoms with E-state index >= 15 is 0 Å². The third-order valence-corrected chi connectivity index (χ3v) is 4.08. The van der Waals surface area contributed by atoms with Crippen molar-refractivity contribution in [3.05, 3.63) is 0 Å². The molecule has 0 saturated carbocycles. The summed E-state index contributed by atoms with van der Waals surface area (Å²) in [6, 6.07) is -0.378. The molecule has 0 aliphatic carbocycles. The van der Waals surface area contributed by atoms with Gasteiger partial charge in [-0.3, -0.25) is 14.4 Å². The van der Waals surface area contributed by atoms with Gasteiger partial charge < -0.3 is 26.6 Å². The van der Waals surface area contributed by atoms with Crippen molar-refractivity contribution in [2.75, 3.05) is 47.8 Å². The van der Waals surface area contributed by atoms with Crippen molar-refractivity contribution < 1.29 is 14.4 Å². The third kappa shape index (κ3) is 17.8. The maximum Gasteiger partial charge on any atom is 0.237 e. The van der Waals surface area contributed by atoms with Gasteiger partial charge in [-0.1, -0.05) is 6.42 Å². The molecule has 0 aliphatic rings. The van der Waals surface area contributed by atoms with Crippen LogP contribution in [0.3, 0.4) is 0 Å². The van der Waals surface area contributed by atoms with E-state index in [0.29, 0.717) is 6.54 Å². The number of nitrogens with one attached hydrogen (secondary N) is 5. The van der Waals surface area contributed by atoms with Crippen molar-refractivity contribution in [3.63, 3.8) is 0 Å². The predicted octanol–water partition coefficient (Wildman–Crippen LogP) is -0.168. The minimum absolute atomic E-state index is 0.0208. The highest BCUT2D eigenvalue weighted by Gasteiger charge is 2.17. The highest BCUT2D eigenvalue weighted by atomic mass is 16.2. The zero-order chi connectivity index (χ0) is 21.1.